The van der Waals surface area contributed by atoms with E-state index in [2.05, 4.69) is 9.98 Å². The van der Waals surface area contributed by atoms with Crippen LogP contribution in [-0.4, -0.2) is 24.3 Å². The van der Waals surface area contributed by atoms with Gasteiger partial charge in [-0.1, -0.05) is 6.07 Å². The minimum Gasteiger partial charge on any atom is -0.497 e. The van der Waals surface area contributed by atoms with Crippen molar-refractivity contribution < 1.29 is 14.3 Å². The molecule has 0 saturated carbocycles. The third-order valence-electron chi connectivity index (χ3n) is 3.42. The van der Waals surface area contributed by atoms with Gasteiger partial charge < -0.3 is 9.47 Å². The molecule has 3 rings (SSSR count). The first-order valence-corrected chi connectivity index (χ1v) is 7.65. The monoisotopic (exact) mass is 332 g/mol. The number of rotatable bonds is 5. The summed E-state index contributed by atoms with van der Waals surface area (Å²) >= 11 is 0. The van der Waals surface area contributed by atoms with Gasteiger partial charge in [-0.25, -0.2) is 4.79 Å². The quantitative estimate of drug-likeness (QED) is 0.401. The number of ether oxygens (including phenoxy) is 2. The zero-order valence-corrected chi connectivity index (χ0v) is 13.6. The Morgan fingerprint density at radius 3 is 2.48 bits per heavy atom. The molecule has 0 amide bonds. The second-order valence-electron chi connectivity index (χ2n) is 5.15. The Labute approximate surface area is 145 Å². The van der Waals surface area contributed by atoms with Crippen LogP contribution >= 0.6 is 0 Å². The fraction of sp³-hybridized carbons (Fsp3) is 0.0500. The topological polar surface area (TPSA) is 60.8 Å². The smallest absolute Gasteiger partial charge is 0.343 e. The van der Waals surface area contributed by atoms with Gasteiger partial charge in [0.05, 0.1) is 18.4 Å². The molecule has 1 heterocycles. The highest BCUT2D eigenvalue weighted by atomic mass is 16.5. The van der Waals surface area contributed by atoms with Gasteiger partial charge in [-0.15, -0.1) is 0 Å². The molecule has 0 N–H and O–H groups in total. The lowest BCUT2D eigenvalue weighted by Gasteiger charge is -2.04. The molecule has 5 nitrogen and oxygen atoms in total. The van der Waals surface area contributed by atoms with Crippen molar-refractivity contribution in [2.75, 3.05) is 7.11 Å². The van der Waals surface area contributed by atoms with Crippen LogP contribution in [0.2, 0.25) is 0 Å². The number of nitrogens with zero attached hydrogens (tertiary/aromatic N) is 2. The summed E-state index contributed by atoms with van der Waals surface area (Å²) in [7, 11) is 1.62. The van der Waals surface area contributed by atoms with E-state index in [0.29, 0.717) is 11.3 Å². The molecular formula is C20H16N2O3. The number of hydrogen-bond acceptors (Lipinski definition) is 5. The molecule has 1 aromatic heterocycles. The fourth-order valence-electron chi connectivity index (χ4n) is 2.12. The number of methoxy groups -OCH3 is 1. The third kappa shape index (κ3) is 4.51. The van der Waals surface area contributed by atoms with Gasteiger partial charge in [0, 0.05) is 24.7 Å². The van der Waals surface area contributed by atoms with Crippen LogP contribution in [-0.2, 0) is 0 Å². The number of benzene rings is 2. The molecule has 3 aromatic rings. The Morgan fingerprint density at radius 1 is 1.00 bits per heavy atom. The SMILES string of the molecule is COc1cccc(N=Cc2ccc(OC(=O)c3ccncc3)cc2)c1. The van der Waals surface area contributed by atoms with Crippen LogP contribution in [0.3, 0.4) is 0 Å². The van der Waals surface area contributed by atoms with Crippen molar-refractivity contribution in [2.24, 2.45) is 4.99 Å². The lowest BCUT2D eigenvalue weighted by atomic mass is 10.2. The van der Waals surface area contributed by atoms with Crippen LogP contribution in [0.5, 0.6) is 11.5 Å². The molecule has 0 fully saturated rings. The summed E-state index contributed by atoms with van der Waals surface area (Å²) in [4.78, 5) is 20.3. The maximum Gasteiger partial charge on any atom is 0.343 e. The first-order valence-electron chi connectivity index (χ1n) is 7.65. The Kier molecular flexibility index (Phi) is 5.16. The maximum atomic E-state index is 12.0. The second kappa shape index (κ2) is 7.88. The van der Waals surface area contributed by atoms with Gasteiger partial charge in [-0.2, -0.15) is 0 Å². The number of hydrogen-bond donors (Lipinski definition) is 0. The van der Waals surface area contributed by atoms with E-state index >= 15 is 0 Å². The van der Waals surface area contributed by atoms with Crippen molar-refractivity contribution in [3.63, 3.8) is 0 Å². The molecule has 25 heavy (non-hydrogen) atoms. The standard InChI is InChI=1S/C20H16N2O3/c1-24-19-4-2-3-17(13-19)22-14-15-5-7-18(8-6-15)25-20(23)16-9-11-21-12-10-16/h2-14H,1H3. The van der Waals surface area contributed by atoms with Crippen LogP contribution < -0.4 is 9.47 Å². The number of aliphatic imine (C=N–C) groups is 1. The van der Waals surface area contributed by atoms with Crippen LogP contribution in [0.4, 0.5) is 5.69 Å². The van der Waals surface area contributed by atoms with E-state index in [9.17, 15) is 4.79 Å². The third-order valence-corrected chi connectivity index (χ3v) is 3.42. The number of aromatic nitrogens is 1. The molecule has 0 unspecified atom stereocenters. The van der Waals surface area contributed by atoms with Crippen molar-refractivity contribution in [2.45, 2.75) is 0 Å². The summed E-state index contributed by atoms with van der Waals surface area (Å²) in [6.45, 7) is 0. The van der Waals surface area contributed by atoms with Crippen molar-refractivity contribution >= 4 is 17.9 Å². The maximum absolute atomic E-state index is 12.0. The molecule has 2 aromatic carbocycles. The highest BCUT2D eigenvalue weighted by Gasteiger charge is 2.07. The van der Waals surface area contributed by atoms with Crippen molar-refractivity contribution in [3.8, 4) is 11.5 Å². The van der Waals surface area contributed by atoms with Gasteiger partial charge >= 0.3 is 5.97 Å². The summed E-state index contributed by atoms with van der Waals surface area (Å²) in [5.41, 5.74) is 2.15. The van der Waals surface area contributed by atoms with E-state index in [1.807, 2.05) is 36.4 Å². The van der Waals surface area contributed by atoms with Crippen LogP contribution in [0, 0.1) is 0 Å². The lowest BCUT2D eigenvalue weighted by molar-refractivity contribution is 0.0734. The average Bonchev–Trinajstić information content (AvgIpc) is 2.68. The Bertz CT molecular complexity index is 875. The molecule has 0 aliphatic rings. The normalized spacial score (nSPS) is 10.6. The Morgan fingerprint density at radius 2 is 1.76 bits per heavy atom. The van der Waals surface area contributed by atoms with Gasteiger partial charge in [0.25, 0.3) is 0 Å². The van der Waals surface area contributed by atoms with Gasteiger partial charge in [0.15, 0.2) is 0 Å². The zero-order chi connectivity index (χ0) is 17.5. The fourth-order valence-corrected chi connectivity index (χ4v) is 2.12. The highest BCUT2D eigenvalue weighted by molar-refractivity contribution is 5.91. The molecule has 5 heteroatoms. The molecule has 124 valence electrons. The number of pyridine rings is 1. The first kappa shape index (κ1) is 16.4. The summed E-state index contributed by atoms with van der Waals surface area (Å²) < 4.78 is 10.5. The van der Waals surface area contributed by atoms with Crippen LogP contribution in [0.1, 0.15) is 15.9 Å². The van der Waals surface area contributed by atoms with Gasteiger partial charge in [0.1, 0.15) is 11.5 Å². The summed E-state index contributed by atoms with van der Waals surface area (Å²) in [5.74, 6) is 0.813. The van der Waals surface area contributed by atoms with Gasteiger partial charge in [0.2, 0.25) is 0 Å². The minimum absolute atomic E-state index is 0.416. The van der Waals surface area contributed by atoms with Gasteiger partial charge in [-0.3, -0.25) is 9.98 Å². The number of carbonyl (C=O) groups excluding carboxylic acids is 1. The molecule has 0 aliphatic heterocycles. The summed E-state index contributed by atoms with van der Waals surface area (Å²) in [6, 6.07) is 17.8. The molecular weight excluding hydrogens is 316 g/mol. The highest BCUT2D eigenvalue weighted by Crippen LogP contribution is 2.20. The molecule has 0 bridgehead atoms. The van der Waals surface area contributed by atoms with E-state index in [0.717, 1.165) is 17.0 Å². The van der Waals surface area contributed by atoms with E-state index in [1.54, 1.807) is 50.0 Å². The van der Waals surface area contributed by atoms with E-state index in [4.69, 9.17) is 9.47 Å². The number of esters is 1. The minimum atomic E-state index is -0.416. The molecule has 0 spiro atoms. The van der Waals surface area contributed by atoms with E-state index < -0.39 is 5.97 Å². The van der Waals surface area contributed by atoms with Crippen LogP contribution in [0.25, 0.3) is 0 Å². The van der Waals surface area contributed by atoms with Crippen molar-refractivity contribution in [3.05, 3.63) is 84.2 Å². The average molecular weight is 332 g/mol. The molecule has 0 radical (unpaired) electrons. The predicted molar refractivity (Wildman–Crippen MR) is 95.9 cm³/mol. The first-order chi connectivity index (χ1) is 12.2. The van der Waals surface area contributed by atoms with Crippen molar-refractivity contribution in [1.29, 1.82) is 0 Å². The molecule has 0 saturated heterocycles. The van der Waals surface area contributed by atoms with E-state index in [-0.39, 0.29) is 0 Å². The van der Waals surface area contributed by atoms with Crippen molar-refractivity contribution in [1.82, 2.24) is 4.98 Å². The molecule has 0 atom stereocenters. The second-order valence-corrected chi connectivity index (χ2v) is 5.15. The van der Waals surface area contributed by atoms with E-state index in [1.165, 1.54) is 0 Å². The number of carbonyl (C=O) groups is 1. The van der Waals surface area contributed by atoms with Crippen LogP contribution in [0.15, 0.2) is 78.0 Å². The Balaban J connectivity index is 1.65. The zero-order valence-electron chi connectivity index (χ0n) is 13.6. The summed E-state index contributed by atoms with van der Waals surface area (Å²) in [6.07, 6.45) is 4.84. The molecule has 0 aliphatic carbocycles. The largest absolute Gasteiger partial charge is 0.497 e. The van der Waals surface area contributed by atoms with Gasteiger partial charge in [-0.05, 0) is 54.1 Å². The summed E-state index contributed by atoms with van der Waals surface area (Å²) in [5, 5.41) is 0. The predicted octanol–water partition coefficient (Wildman–Crippen LogP) is 4.06. The lowest BCUT2D eigenvalue weighted by Crippen LogP contribution is -2.08. The Hall–Kier alpha value is -3.47.